The smallest absolute Gasteiger partial charge is 0.368 e. The first-order valence-electron chi connectivity index (χ1n) is 9.78. The summed E-state index contributed by atoms with van der Waals surface area (Å²) in [6, 6.07) is 26.7. The molecule has 3 aromatic carbocycles. The van der Waals surface area contributed by atoms with Gasteiger partial charge in [0.25, 0.3) is 0 Å². The van der Waals surface area contributed by atoms with Gasteiger partial charge in [0.15, 0.2) is 6.35 Å². The van der Waals surface area contributed by atoms with Crippen LogP contribution >= 0.6 is 7.60 Å². The normalized spacial score (nSPS) is 10.7. The molecule has 0 saturated heterocycles. The largest absolute Gasteiger partial charge is 0.481 e. The van der Waals surface area contributed by atoms with Crippen molar-refractivity contribution in [1.29, 1.82) is 0 Å². The molecule has 0 unspecified atom stereocenters. The van der Waals surface area contributed by atoms with Crippen LogP contribution in [-0.2, 0) is 26.8 Å². The van der Waals surface area contributed by atoms with E-state index >= 15 is 0 Å². The fourth-order valence-electron chi connectivity index (χ4n) is 2.39. The zero-order chi connectivity index (χ0) is 21.0. The zero-order valence-corrected chi connectivity index (χ0v) is 18.2. The van der Waals surface area contributed by atoms with Crippen LogP contribution < -0.4 is 4.74 Å². The summed E-state index contributed by atoms with van der Waals surface area (Å²) in [4.78, 5) is 0. The molecule has 0 heterocycles. The van der Waals surface area contributed by atoms with Crippen molar-refractivity contribution < 1.29 is 18.3 Å². The van der Waals surface area contributed by atoms with E-state index in [-0.39, 0.29) is 19.6 Å². The van der Waals surface area contributed by atoms with E-state index < -0.39 is 7.60 Å². The van der Waals surface area contributed by atoms with E-state index in [0.29, 0.717) is 5.75 Å². The summed E-state index contributed by atoms with van der Waals surface area (Å²) >= 11 is 0. The highest BCUT2D eigenvalue weighted by molar-refractivity contribution is 7.53. The highest BCUT2D eigenvalue weighted by Crippen LogP contribution is 2.49. The van der Waals surface area contributed by atoms with Crippen LogP contribution in [0.3, 0.4) is 0 Å². The maximum atomic E-state index is 13.2. The van der Waals surface area contributed by atoms with Crippen molar-refractivity contribution in [3.05, 3.63) is 102 Å². The molecule has 0 aromatic heterocycles. The van der Waals surface area contributed by atoms with Gasteiger partial charge in [-0.15, -0.1) is 0 Å². The first-order valence-corrected chi connectivity index (χ1v) is 11.5. The molecular weight excluding hydrogens is 383 g/mol. The Hall–Kier alpha value is -2.39. The van der Waals surface area contributed by atoms with E-state index in [1.807, 2.05) is 106 Å². The average Bonchev–Trinajstić information content (AvgIpc) is 2.79. The van der Waals surface area contributed by atoms with Gasteiger partial charge in [-0.25, -0.2) is 0 Å². The Morgan fingerprint density at radius 1 is 0.690 bits per heavy atom. The molecule has 0 radical (unpaired) electrons. The summed E-state index contributed by atoms with van der Waals surface area (Å²) in [6.07, 6.45) is -0.143. The van der Waals surface area contributed by atoms with Crippen LogP contribution in [0.15, 0.2) is 84.9 Å². The monoisotopic (exact) mass is 412 g/mol. The van der Waals surface area contributed by atoms with Gasteiger partial charge in [0.2, 0.25) is 0 Å². The van der Waals surface area contributed by atoms with Crippen LogP contribution in [0, 0.1) is 6.92 Å². The summed E-state index contributed by atoms with van der Waals surface area (Å²) in [5.41, 5.74) is 2.99. The molecule has 0 aliphatic rings. The molecule has 0 aliphatic carbocycles. The molecule has 0 N–H and O–H groups in total. The highest BCUT2D eigenvalue weighted by Gasteiger charge is 2.26. The van der Waals surface area contributed by atoms with Crippen molar-refractivity contribution >= 4 is 7.60 Å². The molecule has 5 heteroatoms. The van der Waals surface area contributed by atoms with E-state index in [1.165, 1.54) is 0 Å². The minimum atomic E-state index is -3.45. The van der Waals surface area contributed by atoms with E-state index in [9.17, 15) is 4.57 Å². The van der Waals surface area contributed by atoms with E-state index in [2.05, 4.69) is 0 Å². The molecule has 0 bridgehead atoms. The molecule has 154 valence electrons. The maximum absolute atomic E-state index is 13.2. The Labute approximate surface area is 174 Å². The predicted octanol–water partition coefficient (Wildman–Crippen LogP) is 6.98. The van der Waals surface area contributed by atoms with Gasteiger partial charge < -0.3 is 13.8 Å². The maximum Gasteiger partial charge on any atom is 0.368 e. The lowest BCUT2D eigenvalue weighted by Crippen LogP contribution is -2.06. The second-order valence-electron chi connectivity index (χ2n) is 6.22. The summed E-state index contributed by atoms with van der Waals surface area (Å²) in [6.45, 7) is 6.40. The number of hydrogen-bond acceptors (Lipinski definition) is 4. The average molecular weight is 412 g/mol. The standard InChI is InChI=1S/C22H23O4P.C2H6/c1-19-12-14-22(15-13-19)24-18-27(23,25-16-20-8-4-2-5-9-20)26-17-21-10-6-3-7-11-21;1-2/h2-15H,16-18H2,1H3;1-2H3. The number of hydrogen-bond donors (Lipinski definition) is 0. The number of ether oxygens (including phenoxy) is 1. The fraction of sp³-hybridized carbons (Fsp3) is 0.250. The van der Waals surface area contributed by atoms with E-state index in [0.717, 1.165) is 16.7 Å². The fourth-order valence-corrected chi connectivity index (χ4v) is 3.62. The van der Waals surface area contributed by atoms with Crippen LogP contribution in [0.2, 0.25) is 0 Å². The molecule has 0 atom stereocenters. The summed E-state index contributed by atoms with van der Waals surface area (Å²) in [5.74, 6) is 0.632. The first kappa shape index (κ1) is 22.9. The molecular formula is C24H29O4P. The van der Waals surface area contributed by atoms with Gasteiger partial charge in [0, 0.05) is 0 Å². The third-order valence-electron chi connectivity index (χ3n) is 3.95. The van der Waals surface area contributed by atoms with Gasteiger partial charge in [0.1, 0.15) is 5.75 Å². The van der Waals surface area contributed by atoms with Crippen molar-refractivity contribution in [3.63, 3.8) is 0 Å². The van der Waals surface area contributed by atoms with Gasteiger partial charge in [0.05, 0.1) is 13.2 Å². The Bertz CT molecular complexity index is 817. The minimum absolute atomic E-state index is 0.143. The summed E-state index contributed by atoms with van der Waals surface area (Å²) in [7, 11) is -3.45. The van der Waals surface area contributed by atoms with Gasteiger partial charge in [-0.3, -0.25) is 4.57 Å². The second kappa shape index (κ2) is 12.2. The zero-order valence-electron chi connectivity index (χ0n) is 17.3. The Morgan fingerprint density at radius 3 is 1.59 bits per heavy atom. The van der Waals surface area contributed by atoms with Crippen molar-refractivity contribution in [3.8, 4) is 5.75 Å². The molecule has 0 saturated carbocycles. The quantitative estimate of drug-likeness (QED) is 0.356. The summed E-state index contributed by atoms with van der Waals surface area (Å²) in [5, 5.41) is 0. The molecule has 0 aliphatic heterocycles. The van der Waals surface area contributed by atoms with Crippen LogP contribution in [0.25, 0.3) is 0 Å². The van der Waals surface area contributed by atoms with Crippen LogP contribution in [0.1, 0.15) is 30.5 Å². The van der Waals surface area contributed by atoms with Crippen LogP contribution in [-0.4, -0.2) is 6.35 Å². The van der Waals surface area contributed by atoms with Crippen molar-refractivity contribution in [1.82, 2.24) is 0 Å². The lowest BCUT2D eigenvalue weighted by molar-refractivity contribution is 0.172. The van der Waals surface area contributed by atoms with E-state index in [1.54, 1.807) is 0 Å². The third kappa shape index (κ3) is 8.25. The van der Waals surface area contributed by atoms with Gasteiger partial charge >= 0.3 is 7.60 Å². The van der Waals surface area contributed by atoms with Gasteiger partial charge in [-0.2, -0.15) is 0 Å². The second-order valence-corrected chi connectivity index (χ2v) is 8.21. The molecule has 3 aromatic rings. The van der Waals surface area contributed by atoms with Crippen molar-refractivity contribution in [2.75, 3.05) is 6.35 Å². The SMILES string of the molecule is CC.Cc1ccc(OCP(=O)(OCc2ccccc2)OCc2ccccc2)cc1. The topological polar surface area (TPSA) is 44.8 Å². The van der Waals surface area contributed by atoms with Crippen LogP contribution in [0.4, 0.5) is 0 Å². The van der Waals surface area contributed by atoms with Gasteiger partial charge in [-0.1, -0.05) is 92.2 Å². The molecule has 29 heavy (non-hydrogen) atoms. The molecule has 0 amide bonds. The Kier molecular flexibility index (Phi) is 9.66. The van der Waals surface area contributed by atoms with Crippen LogP contribution in [0.5, 0.6) is 5.75 Å². The lowest BCUT2D eigenvalue weighted by atomic mass is 10.2. The molecule has 0 fully saturated rings. The molecule has 0 spiro atoms. The Morgan fingerprint density at radius 2 is 1.14 bits per heavy atom. The predicted molar refractivity (Wildman–Crippen MR) is 118 cm³/mol. The lowest BCUT2D eigenvalue weighted by Gasteiger charge is -2.19. The van der Waals surface area contributed by atoms with Crippen molar-refractivity contribution in [2.45, 2.75) is 34.0 Å². The molecule has 4 nitrogen and oxygen atoms in total. The van der Waals surface area contributed by atoms with Crippen molar-refractivity contribution in [2.24, 2.45) is 0 Å². The third-order valence-corrected chi connectivity index (χ3v) is 5.44. The first-order chi connectivity index (χ1) is 14.1. The molecule has 3 rings (SSSR count). The summed E-state index contributed by atoms with van der Waals surface area (Å²) < 4.78 is 30.3. The Balaban J connectivity index is 0.00000145. The number of benzene rings is 3. The number of aryl methyl sites for hydroxylation is 1. The highest BCUT2D eigenvalue weighted by atomic mass is 31.2. The van der Waals surface area contributed by atoms with E-state index in [4.69, 9.17) is 13.8 Å². The minimum Gasteiger partial charge on any atom is -0.481 e. The van der Waals surface area contributed by atoms with Gasteiger partial charge in [-0.05, 0) is 30.2 Å². The number of rotatable bonds is 9.